The molecule has 0 saturated carbocycles. The molecule has 0 spiro atoms. The molecule has 0 atom stereocenters. The average Bonchev–Trinajstić information content (AvgIpc) is 3.35. The van der Waals surface area contributed by atoms with Crippen LogP contribution in [0.3, 0.4) is 0 Å². The SMILES string of the molecule is COCCN(Cc1ccccc1)C(=O)CCc1nc(-c2ccco2)no1. The molecule has 136 valence electrons. The van der Waals surface area contributed by atoms with E-state index in [0.29, 0.717) is 43.6 Å². The summed E-state index contributed by atoms with van der Waals surface area (Å²) in [6, 6.07) is 13.4. The van der Waals surface area contributed by atoms with Gasteiger partial charge in [-0.1, -0.05) is 35.5 Å². The third-order valence-electron chi connectivity index (χ3n) is 3.90. The second-order valence-corrected chi connectivity index (χ2v) is 5.78. The molecular formula is C19H21N3O4. The minimum absolute atomic E-state index is 0.0173. The van der Waals surface area contributed by atoms with Crippen LogP contribution in [0.4, 0.5) is 0 Å². The van der Waals surface area contributed by atoms with Gasteiger partial charge in [0.05, 0.1) is 12.9 Å². The van der Waals surface area contributed by atoms with Gasteiger partial charge in [0.2, 0.25) is 17.6 Å². The van der Waals surface area contributed by atoms with Crippen molar-refractivity contribution in [2.45, 2.75) is 19.4 Å². The molecule has 0 bridgehead atoms. The van der Waals surface area contributed by atoms with E-state index in [0.717, 1.165) is 5.56 Å². The van der Waals surface area contributed by atoms with E-state index < -0.39 is 0 Å². The first kappa shape index (κ1) is 17.9. The number of methoxy groups -OCH3 is 1. The fourth-order valence-corrected chi connectivity index (χ4v) is 2.53. The lowest BCUT2D eigenvalue weighted by Crippen LogP contribution is -2.33. The molecule has 0 N–H and O–H groups in total. The smallest absolute Gasteiger partial charge is 0.238 e. The van der Waals surface area contributed by atoms with Gasteiger partial charge in [0.15, 0.2) is 5.76 Å². The van der Waals surface area contributed by atoms with E-state index in [-0.39, 0.29) is 12.3 Å². The predicted molar refractivity (Wildman–Crippen MR) is 94.1 cm³/mol. The summed E-state index contributed by atoms with van der Waals surface area (Å²) in [5.74, 6) is 1.36. The van der Waals surface area contributed by atoms with Crippen LogP contribution < -0.4 is 0 Å². The number of rotatable bonds is 9. The van der Waals surface area contributed by atoms with Gasteiger partial charge in [-0.2, -0.15) is 4.98 Å². The molecule has 26 heavy (non-hydrogen) atoms. The number of hydrogen-bond donors (Lipinski definition) is 0. The molecule has 3 rings (SSSR count). The molecule has 7 nitrogen and oxygen atoms in total. The molecular weight excluding hydrogens is 334 g/mol. The van der Waals surface area contributed by atoms with Crippen molar-refractivity contribution < 1.29 is 18.5 Å². The quantitative estimate of drug-likeness (QED) is 0.587. The van der Waals surface area contributed by atoms with Crippen molar-refractivity contribution in [1.82, 2.24) is 15.0 Å². The summed E-state index contributed by atoms with van der Waals surface area (Å²) in [6.45, 7) is 1.57. The van der Waals surface area contributed by atoms with Crippen molar-refractivity contribution >= 4 is 5.91 Å². The molecule has 0 aliphatic rings. The van der Waals surface area contributed by atoms with E-state index in [9.17, 15) is 4.79 Å². The Bertz CT molecular complexity index is 799. The lowest BCUT2D eigenvalue weighted by Gasteiger charge is -2.22. The zero-order valence-corrected chi connectivity index (χ0v) is 14.6. The lowest BCUT2D eigenvalue weighted by atomic mass is 10.2. The standard InChI is InChI=1S/C19H21N3O4/c1-24-13-11-22(14-15-6-3-2-4-7-15)18(23)10-9-17-20-19(21-26-17)16-8-5-12-25-16/h2-8,12H,9-11,13-14H2,1H3. The Labute approximate surface area is 151 Å². The number of nitrogens with zero attached hydrogens (tertiary/aromatic N) is 3. The van der Waals surface area contributed by atoms with Crippen LogP contribution in [0.1, 0.15) is 17.9 Å². The number of aromatic nitrogens is 2. The molecule has 0 aliphatic heterocycles. The fourth-order valence-electron chi connectivity index (χ4n) is 2.53. The van der Waals surface area contributed by atoms with Crippen molar-refractivity contribution in [2.24, 2.45) is 0 Å². The van der Waals surface area contributed by atoms with Gasteiger partial charge < -0.3 is 18.6 Å². The van der Waals surface area contributed by atoms with Crippen molar-refractivity contribution in [3.63, 3.8) is 0 Å². The molecule has 0 aliphatic carbocycles. The van der Waals surface area contributed by atoms with Crippen LogP contribution in [0.2, 0.25) is 0 Å². The highest BCUT2D eigenvalue weighted by atomic mass is 16.5. The first-order valence-corrected chi connectivity index (χ1v) is 8.43. The van der Waals surface area contributed by atoms with Gasteiger partial charge in [0, 0.05) is 33.0 Å². The first-order valence-electron chi connectivity index (χ1n) is 8.43. The second-order valence-electron chi connectivity index (χ2n) is 5.78. The Balaban J connectivity index is 1.58. The monoisotopic (exact) mass is 355 g/mol. The van der Waals surface area contributed by atoms with Gasteiger partial charge in [-0.3, -0.25) is 4.79 Å². The van der Waals surface area contributed by atoms with Crippen molar-refractivity contribution in [3.05, 3.63) is 60.2 Å². The van der Waals surface area contributed by atoms with Crippen LogP contribution in [-0.4, -0.2) is 41.2 Å². The van der Waals surface area contributed by atoms with Crippen LogP contribution in [0, 0.1) is 0 Å². The Morgan fingerprint density at radius 1 is 1.19 bits per heavy atom. The molecule has 2 aromatic heterocycles. The number of carbonyl (C=O) groups excluding carboxylic acids is 1. The largest absolute Gasteiger partial charge is 0.461 e. The molecule has 2 heterocycles. The van der Waals surface area contributed by atoms with Crippen LogP contribution in [0.15, 0.2) is 57.7 Å². The molecule has 0 radical (unpaired) electrons. The Hall–Kier alpha value is -2.93. The molecule has 7 heteroatoms. The van der Waals surface area contributed by atoms with E-state index in [1.807, 2.05) is 30.3 Å². The first-order chi connectivity index (χ1) is 12.8. The average molecular weight is 355 g/mol. The van der Waals surface area contributed by atoms with Crippen molar-refractivity contribution in [1.29, 1.82) is 0 Å². The summed E-state index contributed by atoms with van der Waals surface area (Å²) in [5.41, 5.74) is 1.08. The maximum Gasteiger partial charge on any atom is 0.238 e. The van der Waals surface area contributed by atoms with Crippen LogP contribution in [0.25, 0.3) is 11.6 Å². The highest BCUT2D eigenvalue weighted by Gasteiger charge is 2.17. The number of hydrogen-bond acceptors (Lipinski definition) is 6. The third kappa shape index (κ3) is 4.80. The van der Waals surface area contributed by atoms with Gasteiger partial charge >= 0.3 is 0 Å². The fraction of sp³-hybridized carbons (Fsp3) is 0.316. The number of ether oxygens (including phenoxy) is 1. The van der Waals surface area contributed by atoms with E-state index in [4.69, 9.17) is 13.7 Å². The van der Waals surface area contributed by atoms with Crippen LogP contribution >= 0.6 is 0 Å². The Morgan fingerprint density at radius 2 is 2.04 bits per heavy atom. The highest BCUT2D eigenvalue weighted by molar-refractivity contribution is 5.76. The molecule has 1 amide bonds. The maximum absolute atomic E-state index is 12.6. The van der Waals surface area contributed by atoms with Crippen molar-refractivity contribution in [2.75, 3.05) is 20.3 Å². The van der Waals surface area contributed by atoms with Gasteiger partial charge in [0.1, 0.15) is 0 Å². The highest BCUT2D eigenvalue weighted by Crippen LogP contribution is 2.16. The summed E-state index contributed by atoms with van der Waals surface area (Å²) in [5, 5.41) is 3.87. The molecule has 3 aromatic rings. The van der Waals surface area contributed by atoms with E-state index in [1.165, 1.54) is 0 Å². The summed E-state index contributed by atoms with van der Waals surface area (Å²) >= 11 is 0. The number of amides is 1. The zero-order valence-electron chi connectivity index (χ0n) is 14.6. The minimum atomic E-state index is 0.0173. The summed E-state index contributed by atoms with van der Waals surface area (Å²) in [7, 11) is 1.62. The van der Waals surface area contributed by atoms with Crippen LogP contribution in [-0.2, 0) is 22.5 Å². The van der Waals surface area contributed by atoms with E-state index >= 15 is 0 Å². The minimum Gasteiger partial charge on any atom is -0.461 e. The Kier molecular flexibility index (Phi) is 6.16. The van der Waals surface area contributed by atoms with Crippen LogP contribution in [0.5, 0.6) is 0 Å². The topological polar surface area (TPSA) is 81.6 Å². The second kappa shape index (κ2) is 8.96. The molecule has 0 saturated heterocycles. The zero-order chi connectivity index (χ0) is 18.2. The number of furan rings is 1. The lowest BCUT2D eigenvalue weighted by molar-refractivity contribution is -0.132. The summed E-state index contributed by atoms with van der Waals surface area (Å²) < 4.78 is 15.6. The molecule has 1 aromatic carbocycles. The van der Waals surface area contributed by atoms with Gasteiger partial charge in [-0.15, -0.1) is 0 Å². The number of aryl methyl sites for hydroxylation is 1. The number of benzene rings is 1. The molecule has 0 unspecified atom stereocenters. The van der Waals surface area contributed by atoms with Gasteiger partial charge in [0.25, 0.3) is 0 Å². The Morgan fingerprint density at radius 3 is 2.77 bits per heavy atom. The van der Waals surface area contributed by atoms with Gasteiger partial charge in [-0.25, -0.2) is 0 Å². The van der Waals surface area contributed by atoms with Gasteiger partial charge in [-0.05, 0) is 17.7 Å². The molecule has 0 fully saturated rings. The predicted octanol–water partition coefficient (Wildman–Crippen LogP) is 2.94. The third-order valence-corrected chi connectivity index (χ3v) is 3.90. The number of carbonyl (C=O) groups is 1. The van der Waals surface area contributed by atoms with E-state index in [1.54, 1.807) is 30.4 Å². The summed E-state index contributed by atoms with van der Waals surface area (Å²) in [4.78, 5) is 18.7. The van der Waals surface area contributed by atoms with E-state index in [2.05, 4.69) is 10.1 Å². The summed E-state index contributed by atoms with van der Waals surface area (Å²) in [6.07, 6.45) is 2.22. The maximum atomic E-state index is 12.6. The normalized spacial score (nSPS) is 10.8. The van der Waals surface area contributed by atoms with Crippen molar-refractivity contribution in [3.8, 4) is 11.6 Å².